The van der Waals surface area contributed by atoms with E-state index >= 15 is 0 Å². The largest absolute Gasteiger partial charge is 0.683 e. The Morgan fingerprint density at radius 3 is 2.72 bits per heavy atom. The number of carbonyl (C=O) groups excluding carboxylic acids is 1. The molecule has 1 aliphatic heterocycles. The number of nitrogens with zero attached hydrogens (tertiary/aromatic N) is 3. The van der Waals surface area contributed by atoms with Crippen molar-refractivity contribution in [2.45, 2.75) is 19.1 Å². The molecule has 168 valence electrons. The lowest BCUT2D eigenvalue weighted by molar-refractivity contribution is -0.429. The highest BCUT2D eigenvalue weighted by Crippen LogP contribution is 2.35. The third-order valence-corrected chi connectivity index (χ3v) is 4.56. The van der Waals surface area contributed by atoms with Crippen molar-refractivity contribution in [2.75, 3.05) is 19.5 Å². The van der Waals surface area contributed by atoms with Crippen LogP contribution < -0.4 is 15.4 Å². The van der Waals surface area contributed by atoms with E-state index in [4.69, 9.17) is 0 Å². The van der Waals surface area contributed by atoms with E-state index in [0.717, 1.165) is 24.6 Å². The summed E-state index contributed by atoms with van der Waals surface area (Å²) >= 11 is 0. The van der Waals surface area contributed by atoms with E-state index < -0.39 is 23.5 Å². The van der Waals surface area contributed by atoms with E-state index in [0.29, 0.717) is 11.8 Å². The molecule has 2 aromatic rings. The molecular weight excluding hydrogens is 423 g/mol. The highest BCUT2D eigenvalue weighted by Gasteiger charge is 2.36. The number of alkyl halides is 3. The van der Waals surface area contributed by atoms with Crippen LogP contribution in [0.25, 0.3) is 5.32 Å². The number of nitrogens with one attached hydrogen (secondary N) is 2. The molecule has 10 heteroatoms. The number of ether oxygens (including phenoxy) is 1. The molecule has 1 aromatic carbocycles. The number of methoxy groups -OCH3 is 1. The van der Waals surface area contributed by atoms with Crippen molar-refractivity contribution in [3.05, 3.63) is 82.8 Å². The van der Waals surface area contributed by atoms with E-state index in [1.807, 2.05) is 37.0 Å². The first-order chi connectivity index (χ1) is 15.2. The number of halogens is 3. The first-order valence-corrected chi connectivity index (χ1v) is 9.60. The second kappa shape index (κ2) is 9.54. The molecule has 0 radical (unpaired) electrons. The van der Waals surface area contributed by atoms with Gasteiger partial charge in [0.05, 0.1) is 12.7 Å². The van der Waals surface area contributed by atoms with Gasteiger partial charge in [-0.3, -0.25) is 4.79 Å². The van der Waals surface area contributed by atoms with E-state index in [9.17, 15) is 18.0 Å². The summed E-state index contributed by atoms with van der Waals surface area (Å²) in [6, 6.07) is 7.45. The molecule has 1 unspecified atom stereocenters. The van der Waals surface area contributed by atoms with Crippen LogP contribution >= 0.6 is 0 Å². The number of pyridine rings is 1. The Bertz CT molecular complexity index is 1090. The zero-order valence-electron chi connectivity index (χ0n) is 17.6. The van der Waals surface area contributed by atoms with Crippen molar-refractivity contribution in [3.63, 3.8) is 0 Å². The van der Waals surface area contributed by atoms with E-state index in [1.165, 1.54) is 0 Å². The quantitative estimate of drug-likeness (QED) is 0.590. The van der Waals surface area contributed by atoms with Gasteiger partial charge in [0.15, 0.2) is 18.1 Å². The number of benzene rings is 1. The summed E-state index contributed by atoms with van der Waals surface area (Å²) < 4.78 is 46.1. The van der Waals surface area contributed by atoms with Crippen LogP contribution in [0.3, 0.4) is 0 Å². The maximum atomic E-state index is 13.2. The van der Waals surface area contributed by atoms with Gasteiger partial charge in [-0.2, -0.15) is 19.4 Å². The molecule has 0 saturated heterocycles. The van der Waals surface area contributed by atoms with Crippen molar-refractivity contribution in [1.82, 2.24) is 10.3 Å². The zero-order chi connectivity index (χ0) is 23.3. The highest BCUT2D eigenvalue weighted by molar-refractivity contribution is 6.04. The molecule has 2 N–H and O–H groups in total. The molecule has 3 rings (SSSR count). The summed E-state index contributed by atoms with van der Waals surface area (Å²) in [4.78, 5) is 16.1. The summed E-state index contributed by atoms with van der Waals surface area (Å²) in [5, 5.41) is 10.1. The van der Waals surface area contributed by atoms with Crippen LogP contribution in [0.1, 0.15) is 34.5 Å². The van der Waals surface area contributed by atoms with Gasteiger partial charge in [0.25, 0.3) is 5.91 Å². The molecule has 32 heavy (non-hydrogen) atoms. The minimum Gasteiger partial charge on any atom is -0.683 e. The fourth-order valence-corrected chi connectivity index (χ4v) is 2.92. The van der Waals surface area contributed by atoms with Crippen molar-refractivity contribution < 1.29 is 27.3 Å². The summed E-state index contributed by atoms with van der Waals surface area (Å²) in [6.07, 6.45) is 3.55. The number of hydrogen-bond acceptors (Lipinski definition) is 4. The second-order valence-corrected chi connectivity index (χ2v) is 7.02. The van der Waals surface area contributed by atoms with Gasteiger partial charge in [-0.05, 0) is 24.4 Å². The lowest BCUT2D eigenvalue weighted by atomic mass is 10.1. The van der Waals surface area contributed by atoms with Gasteiger partial charge in [-0.15, -0.1) is 0 Å². The standard InChI is InChI=1S/C22H22F3N5O2/c1-14(26-7-8-27-18-12-30(2)13-18)15-5-4-6-17(9-15)29-20(31)16-10-19(22(23,24)25)21(32-3)28-11-16/h4-14,27H,1-3H3,(H,29,31). The first-order valence-electron chi connectivity index (χ1n) is 9.60. The van der Waals surface area contributed by atoms with Crippen LogP contribution in [0.15, 0.2) is 60.8 Å². The third kappa shape index (κ3) is 5.65. The summed E-state index contributed by atoms with van der Waals surface area (Å²) in [5.41, 5.74) is 0.876. The van der Waals surface area contributed by atoms with Crippen LogP contribution in [-0.4, -0.2) is 35.8 Å². The normalized spacial score (nSPS) is 14.2. The molecule has 1 aliphatic rings. The Kier molecular flexibility index (Phi) is 6.82. The molecule has 1 aromatic heterocycles. The lowest BCUT2D eigenvalue weighted by Crippen LogP contribution is -2.21. The molecule has 0 saturated carbocycles. The summed E-state index contributed by atoms with van der Waals surface area (Å²) in [5.74, 6) is -1.31. The van der Waals surface area contributed by atoms with Gasteiger partial charge in [0.2, 0.25) is 5.88 Å². The fraction of sp³-hybridized carbons (Fsp3) is 0.227. The van der Waals surface area contributed by atoms with Gasteiger partial charge in [-0.1, -0.05) is 30.7 Å². The monoisotopic (exact) mass is 445 g/mol. The average Bonchev–Trinajstić information content (AvgIpc) is 2.74. The number of aromatic nitrogens is 1. The Morgan fingerprint density at radius 2 is 2.06 bits per heavy atom. The number of rotatable bonds is 8. The summed E-state index contributed by atoms with van der Waals surface area (Å²) in [7, 11) is 3.01. The molecule has 7 nitrogen and oxygen atoms in total. The molecule has 0 aliphatic carbocycles. The minimum absolute atomic E-state index is 0.202. The molecule has 1 atom stereocenters. The number of amides is 1. The number of anilines is 1. The fourth-order valence-electron chi connectivity index (χ4n) is 2.92. The van der Waals surface area contributed by atoms with Crippen molar-refractivity contribution in [3.8, 4) is 5.88 Å². The molecular formula is C22H22F3N5O2. The summed E-state index contributed by atoms with van der Waals surface area (Å²) in [6.45, 7) is 1.89. The molecule has 2 heterocycles. The Hall–Kier alpha value is -3.82. The molecule has 0 spiro atoms. The lowest BCUT2D eigenvalue weighted by Gasteiger charge is -2.26. The minimum atomic E-state index is -4.70. The SMILES string of the molecule is COc1ncc(C(=O)Nc2cccc(C(C)[N-]C=CNC3=C[N+](C)=C3)c2)cc1C(F)(F)F. The van der Waals surface area contributed by atoms with Gasteiger partial charge in [-0.25, -0.2) is 9.56 Å². The first kappa shape index (κ1) is 22.9. The Labute approximate surface area is 183 Å². The number of hydrogen-bond donors (Lipinski definition) is 2. The maximum Gasteiger partial charge on any atom is 0.421 e. The van der Waals surface area contributed by atoms with Gasteiger partial charge in [0, 0.05) is 11.9 Å². The second-order valence-electron chi connectivity index (χ2n) is 7.02. The number of carbonyl (C=O) groups is 1. The maximum absolute atomic E-state index is 13.2. The van der Waals surface area contributed by atoms with Crippen molar-refractivity contribution in [1.29, 1.82) is 0 Å². The van der Waals surface area contributed by atoms with E-state index in [2.05, 4.69) is 25.7 Å². The van der Waals surface area contributed by atoms with Crippen LogP contribution in [0.2, 0.25) is 0 Å². The Balaban J connectivity index is 1.64. The third-order valence-electron chi connectivity index (χ3n) is 4.56. The molecule has 1 amide bonds. The van der Waals surface area contributed by atoms with Crippen molar-refractivity contribution in [2.24, 2.45) is 0 Å². The van der Waals surface area contributed by atoms with Gasteiger partial charge in [0.1, 0.15) is 12.6 Å². The predicted octanol–water partition coefficient (Wildman–Crippen LogP) is 4.42. The zero-order valence-corrected chi connectivity index (χ0v) is 17.6. The van der Waals surface area contributed by atoms with Crippen LogP contribution in [-0.2, 0) is 6.18 Å². The van der Waals surface area contributed by atoms with Crippen LogP contribution in [0.5, 0.6) is 5.88 Å². The average molecular weight is 445 g/mol. The highest BCUT2D eigenvalue weighted by atomic mass is 19.4. The number of allylic oxidation sites excluding steroid dienone is 1. The van der Waals surface area contributed by atoms with E-state index in [1.54, 1.807) is 30.6 Å². The predicted molar refractivity (Wildman–Crippen MR) is 115 cm³/mol. The van der Waals surface area contributed by atoms with E-state index in [-0.39, 0.29) is 11.6 Å². The van der Waals surface area contributed by atoms with Crippen LogP contribution in [0, 0.1) is 0 Å². The van der Waals surface area contributed by atoms with Crippen molar-refractivity contribution >= 4 is 17.8 Å². The Morgan fingerprint density at radius 1 is 1.31 bits per heavy atom. The topological polar surface area (TPSA) is 80.4 Å². The molecule has 0 fully saturated rings. The molecule has 0 bridgehead atoms. The van der Waals surface area contributed by atoms with Gasteiger partial charge < -0.3 is 20.7 Å². The van der Waals surface area contributed by atoms with Crippen LogP contribution in [0.4, 0.5) is 18.9 Å². The van der Waals surface area contributed by atoms with Gasteiger partial charge >= 0.3 is 6.18 Å². The smallest absolute Gasteiger partial charge is 0.421 e.